The fraction of sp³-hybridized carbons (Fsp3) is 0.667. The van der Waals surface area contributed by atoms with Crippen molar-refractivity contribution in [3.63, 3.8) is 0 Å². The summed E-state index contributed by atoms with van der Waals surface area (Å²) >= 11 is 0. The van der Waals surface area contributed by atoms with Gasteiger partial charge in [0.15, 0.2) is 13.2 Å². The zero-order chi connectivity index (χ0) is 12.8. The Hall–Kier alpha value is -0.920. The fourth-order valence-electron chi connectivity index (χ4n) is 1.21. The Morgan fingerprint density at radius 1 is 1.44 bits per heavy atom. The molecule has 6 nitrogen and oxygen atoms in total. The molecular weight excluding hydrogens is 232 g/mol. The lowest BCUT2D eigenvalue weighted by Gasteiger charge is -2.06. The monoisotopic (exact) mass is 249 g/mol. The minimum atomic E-state index is -5.17. The van der Waals surface area contributed by atoms with Gasteiger partial charge < -0.3 is 9.11 Å². The molecule has 0 unspecified atom stereocenters. The SMILES string of the molecule is CCCCc1cn(C)[n+](C)c1.O=S(=O)([O-])[O-]. The minimum Gasteiger partial charge on any atom is -0.759 e. The summed E-state index contributed by atoms with van der Waals surface area (Å²) in [6.07, 6.45) is 8.17. The zero-order valence-electron chi connectivity index (χ0n) is 9.71. The van der Waals surface area contributed by atoms with E-state index in [1.165, 1.54) is 24.8 Å². The quantitative estimate of drug-likeness (QED) is 0.423. The summed E-state index contributed by atoms with van der Waals surface area (Å²) in [5, 5.41) is 0. The third-order valence-corrected chi connectivity index (χ3v) is 2.02. The Morgan fingerprint density at radius 2 is 1.94 bits per heavy atom. The molecule has 1 rings (SSSR count). The van der Waals surface area contributed by atoms with E-state index < -0.39 is 10.4 Å². The first kappa shape index (κ1) is 15.1. The molecule has 0 bridgehead atoms. The van der Waals surface area contributed by atoms with Gasteiger partial charge in [0.1, 0.15) is 0 Å². The summed E-state index contributed by atoms with van der Waals surface area (Å²) in [6.45, 7) is 2.23. The van der Waals surface area contributed by atoms with E-state index in [9.17, 15) is 0 Å². The highest BCUT2D eigenvalue weighted by molar-refractivity contribution is 7.79. The summed E-state index contributed by atoms with van der Waals surface area (Å²) in [5.41, 5.74) is 1.44. The van der Waals surface area contributed by atoms with E-state index in [0.717, 1.165) is 0 Å². The molecule has 16 heavy (non-hydrogen) atoms. The third kappa shape index (κ3) is 8.39. The molecule has 1 heterocycles. The van der Waals surface area contributed by atoms with Crippen LogP contribution in [0.4, 0.5) is 0 Å². The number of hydrogen-bond donors (Lipinski definition) is 0. The molecule has 1 aromatic heterocycles. The van der Waals surface area contributed by atoms with Crippen molar-refractivity contribution in [1.82, 2.24) is 4.68 Å². The Balaban J connectivity index is 0.000000385. The molecule has 0 N–H and O–H groups in total. The number of hydrogen-bond acceptors (Lipinski definition) is 4. The predicted molar refractivity (Wildman–Crippen MR) is 55.7 cm³/mol. The lowest BCUT2D eigenvalue weighted by Crippen LogP contribution is -2.35. The van der Waals surface area contributed by atoms with E-state index >= 15 is 0 Å². The number of nitrogens with zero attached hydrogens (tertiary/aromatic N) is 2. The van der Waals surface area contributed by atoms with Crippen LogP contribution in [0.15, 0.2) is 12.4 Å². The molecule has 0 aliphatic heterocycles. The van der Waals surface area contributed by atoms with Gasteiger partial charge in [-0.05, 0) is 12.8 Å². The van der Waals surface area contributed by atoms with Crippen LogP contribution in [0.2, 0.25) is 0 Å². The molecule has 0 radical (unpaired) electrons. The molecule has 94 valence electrons. The van der Waals surface area contributed by atoms with E-state index in [1.807, 2.05) is 0 Å². The molecule has 0 aliphatic carbocycles. The second-order valence-corrected chi connectivity index (χ2v) is 4.31. The summed E-state index contributed by atoms with van der Waals surface area (Å²) in [7, 11) is -1.04. The normalized spacial score (nSPS) is 10.8. The van der Waals surface area contributed by atoms with E-state index in [4.69, 9.17) is 17.5 Å². The van der Waals surface area contributed by atoms with E-state index in [0.29, 0.717) is 0 Å². The summed E-state index contributed by atoms with van der Waals surface area (Å²) in [4.78, 5) is 0. The van der Waals surface area contributed by atoms with Crippen molar-refractivity contribution < 1.29 is 22.2 Å². The van der Waals surface area contributed by atoms with Gasteiger partial charge in [-0.2, -0.15) is 4.68 Å². The lowest BCUT2D eigenvalue weighted by molar-refractivity contribution is -0.751. The topological polar surface area (TPSA) is 89.1 Å². The average molecular weight is 249 g/mol. The molecule has 1 aromatic rings. The zero-order valence-corrected chi connectivity index (χ0v) is 10.5. The van der Waals surface area contributed by atoms with Crippen molar-refractivity contribution in [2.45, 2.75) is 26.2 Å². The molecule has 0 atom stereocenters. The smallest absolute Gasteiger partial charge is 0.198 e. The summed E-state index contributed by atoms with van der Waals surface area (Å²) < 4.78 is 38.3. The highest BCUT2D eigenvalue weighted by Gasteiger charge is 2.03. The van der Waals surface area contributed by atoms with E-state index in [2.05, 4.69) is 42.8 Å². The molecule has 0 fully saturated rings. The predicted octanol–water partition coefficient (Wildman–Crippen LogP) is -0.146. The minimum absolute atomic E-state index is 1.21. The van der Waals surface area contributed by atoms with Crippen LogP contribution in [-0.4, -0.2) is 22.2 Å². The molecule has 0 spiro atoms. The highest BCUT2D eigenvalue weighted by atomic mass is 32.3. The van der Waals surface area contributed by atoms with Crippen molar-refractivity contribution >= 4 is 10.4 Å². The molecule has 0 saturated carbocycles. The summed E-state index contributed by atoms with van der Waals surface area (Å²) in [6, 6.07) is 0. The van der Waals surface area contributed by atoms with Crippen molar-refractivity contribution in [3.05, 3.63) is 18.0 Å². The fourth-order valence-corrected chi connectivity index (χ4v) is 1.21. The Morgan fingerprint density at radius 3 is 2.25 bits per heavy atom. The second kappa shape index (κ2) is 6.62. The van der Waals surface area contributed by atoms with Crippen molar-refractivity contribution in [2.75, 3.05) is 0 Å². The number of unbranched alkanes of at least 4 members (excludes halogenated alkanes) is 1. The first-order chi connectivity index (χ1) is 7.24. The third-order valence-electron chi connectivity index (χ3n) is 2.02. The Labute approximate surface area is 96.1 Å². The van der Waals surface area contributed by atoms with Gasteiger partial charge in [-0.3, -0.25) is 8.42 Å². The van der Waals surface area contributed by atoms with E-state index in [-0.39, 0.29) is 0 Å². The molecule has 0 amide bonds. The standard InChI is InChI=1S/C9H17N2.H2O4S/c1-4-5-6-9-7-10(2)11(3)8-9;1-5(2,3)4/h7-8H,4-6H2,1-3H3;(H2,1,2,3,4)/q+1;/p-2. The maximum atomic E-state index is 8.52. The molecular formula is C9H17N2O4S-. The summed E-state index contributed by atoms with van der Waals surface area (Å²) in [5.74, 6) is 0. The van der Waals surface area contributed by atoms with Crippen molar-refractivity contribution in [3.8, 4) is 0 Å². The van der Waals surface area contributed by atoms with Gasteiger partial charge in [-0.25, -0.2) is 0 Å². The second-order valence-electron chi connectivity index (χ2n) is 3.49. The van der Waals surface area contributed by atoms with Crippen LogP contribution in [0.3, 0.4) is 0 Å². The van der Waals surface area contributed by atoms with Gasteiger partial charge >= 0.3 is 0 Å². The van der Waals surface area contributed by atoms with E-state index in [1.54, 1.807) is 0 Å². The highest BCUT2D eigenvalue weighted by Crippen LogP contribution is 2.00. The van der Waals surface area contributed by atoms with Gasteiger partial charge in [0.05, 0.1) is 13.2 Å². The Bertz CT molecular complexity index is 384. The van der Waals surface area contributed by atoms with Crippen molar-refractivity contribution in [1.29, 1.82) is 0 Å². The molecule has 0 aliphatic rings. The van der Waals surface area contributed by atoms with Crippen LogP contribution in [0.1, 0.15) is 25.3 Å². The lowest BCUT2D eigenvalue weighted by atomic mass is 10.2. The molecule has 7 heteroatoms. The Kier molecular flexibility index (Phi) is 6.24. The number of rotatable bonds is 3. The molecule has 0 saturated heterocycles. The number of aromatic nitrogens is 2. The van der Waals surface area contributed by atoms with Crippen molar-refractivity contribution in [2.24, 2.45) is 14.1 Å². The van der Waals surface area contributed by atoms with Gasteiger partial charge in [0.2, 0.25) is 0 Å². The van der Waals surface area contributed by atoms with Gasteiger partial charge in [0, 0.05) is 16.0 Å². The largest absolute Gasteiger partial charge is 0.759 e. The van der Waals surface area contributed by atoms with Crippen LogP contribution in [0.5, 0.6) is 0 Å². The van der Waals surface area contributed by atoms with Crippen LogP contribution < -0.4 is 4.68 Å². The molecule has 0 aromatic carbocycles. The first-order valence-electron chi connectivity index (χ1n) is 4.92. The number of aryl methyl sites for hydroxylation is 3. The van der Waals surface area contributed by atoms with Crippen LogP contribution >= 0.6 is 0 Å². The average Bonchev–Trinajstić information content (AvgIpc) is 2.40. The van der Waals surface area contributed by atoms with Crippen LogP contribution in [0.25, 0.3) is 0 Å². The van der Waals surface area contributed by atoms with Gasteiger partial charge in [-0.1, -0.05) is 13.3 Å². The first-order valence-corrected chi connectivity index (χ1v) is 6.25. The maximum Gasteiger partial charge on any atom is 0.198 e. The van der Waals surface area contributed by atoms with Gasteiger partial charge in [0.25, 0.3) is 0 Å². The van der Waals surface area contributed by atoms with Crippen LogP contribution in [0, 0.1) is 0 Å². The van der Waals surface area contributed by atoms with Gasteiger partial charge in [-0.15, -0.1) is 4.68 Å². The van der Waals surface area contributed by atoms with Crippen LogP contribution in [-0.2, 0) is 30.9 Å². The maximum absolute atomic E-state index is 8.52.